The summed E-state index contributed by atoms with van der Waals surface area (Å²) in [4.78, 5) is 11.9. The monoisotopic (exact) mass is 242 g/mol. The van der Waals surface area contributed by atoms with E-state index < -0.39 is 5.60 Å². The van der Waals surface area contributed by atoms with Gasteiger partial charge in [-0.1, -0.05) is 6.92 Å². The van der Waals surface area contributed by atoms with Crippen molar-refractivity contribution in [3.63, 3.8) is 0 Å². The highest BCUT2D eigenvalue weighted by Crippen LogP contribution is 2.20. The molecule has 2 atom stereocenters. The summed E-state index contributed by atoms with van der Waals surface area (Å²) in [6.07, 6.45) is 1.21. The number of hydrogen-bond acceptors (Lipinski definition) is 4. The predicted octanol–water partition coefficient (Wildman–Crippen LogP) is -0.500. The van der Waals surface area contributed by atoms with E-state index in [1.807, 2.05) is 0 Å². The fraction of sp³-hybridized carbons (Fsp3) is 0.917. The zero-order chi connectivity index (χ0) is 12.3. The first-order valence-electron chi connectivity index (χ1n) is 6.39. The van der Waals surface area contributed by atoms with E-state index in [9.17, 15) is 9.90 Å². The van der Waals surface area contributed by atoms with Gasteiger partial charge in [0.25, 0.3) is 0 Å². The summed E-state index contributed by atoms with van der Waals surface area (Å²) in [7, 11) is 0. The van der Waals surface area contributed by atoms with Gasteiger partial charge >= 0.3 is 0 Å². The third-order valence-electron chi connectivity index (χ3n) is 3.87. The van der Waals surface area contributed by atoms with Crippen LogP contribution in [0.2, 0.25) is 0 Å². The summed E-state index contributed by atoms with van der Waals surface area (Å²) in [6, 6.07) is 0. The van der Waals surface area contributed by atoms with Gasteiger partial charge in [-0.05, 0) is 12.5 Å². The van der Waals surface area contributed by atoms with E-state index in [-0.39, 0.29) is 11.8 Å². The molecule has 5 nitrogen and oxygen atoms in total. The first-order chi connectivity index (χ1) is 8.11. The van der Waals surface area contributed by atoms with Crippen molar-refractivity contribution < 1.29 is 14.6 Å². The Morgan fingerprint density at radius 1 is 1.47 bits per heavy atom. The number of carbonyl (C=O) groups is 1. The van der Waals surface area contributed by atoms with Crippen LogP contribution in [-0.2, 0) is 9.53 Å². The number of carbonyl (C=O) groups excluding carboxylic acids is 1. The summed E-state index contributed by atoms with van der Waals surface area (Å²) in [5.74, 6) is 0.472. The molecule has 2 aliphatic heterocycles. The molecule has 3 N–H and O–H groups in total. The fourth-order valence-corrected chi connectivity index (χ4v) is 2.47. The largest absolute Gasteiger partial charge is 0.388 e. The highest BCUT2D eigenvalue weighted by Gasteiger charge is 2.33. The lowest BCUT2D eigenvalue weighted by Crippen LogP contribution is -2.48. The third kappa shape index (κ3) is 3.18. The van der Waals surface area contributed by atoms with Gasteiger partial charge in [0.2, 0.25) is 5.91 Å². The molecule has 17 heavy (non-hydrogen) atoms. The average Bonchev–Trinajstić information content (AvgIpc) is 2.74. The molecule has 2 saturated heterocycles. The maximum Gasteiger partial charge on any atom is 0.224 e. The number of aliphatic hydroxyl groups is 1. The minimum absolute atomic E-state index is 0.0402. The highest BCUT2D eigenvalue weighted by molar-refractivity contribution is 5.79. The summed E-state index contributed by atoms with van der Waals surface area (Å²) in [5, 5.41) is 16.3. The molecule has 0 bridgehead atoms. The van der Waals surface area contributed by atoms with Crippen LogP contribution in [0.15, 0.2) is 0 Å². The van der Waals surface area contributed by atoms with Crippen LogP contribution in [0.5, 0.6) is 0 Å². The van der Waals surface area contributed by atoms with Crippen molar-refractivity contribution in [1.82, 2.24) is 10.6 Å². The second-order valence-electron chi connectivity index (χ2n) is 5.30. The van der Waals surface area contributed by atoms with Crippen molar-refractivity contribution in [3.05, 3.63) is 0 Å². The lowest BCUT2D eigenvalue weighted by atomic mass is 9.93. The normalized spacial score (nSPS) is 32.4. The van der Waals surface area contributed by atoms with Crippen molar-refractivity contribution in [2.45, 2.75) is 25.4 Å². The van der Waals surface area contributed by atoms with Gasteiger partial charge in [0.1, 0.15) is 0 Å². The maximum absolute atomic E-state index is 11.9. The van der Waals surface area contributed by atoms with Gasteiger partial charge in [0.15, 0.2) is 0 Å². The Kier molecular flexibility index (Phi) is 4.01. The van der Waals surface area contributed by atoms with Crippen molar-refractivity contribution in [2.75, 3.05) is 32.8 Å². The minimum atomic E-state index is -0.775. The zero-order valence-electron chi connectivity index (χ0n) is 10.4. The van der Waals surface area contributed by atoms with Crippen molar-refractivity contribution >= 4 is 5.91 Å². The summed E-state index contributed by atoms with van der Waals surface area (Å²) in [6.45, 7) is 5.22. The van der Waals surface area contributed by atoms with Crippen molar-refractivity contribution in [1.29, 1.82) is 0 Å². The fourth-order valence-electron chi connectivity index (χ4n) is 2.47. The standard InChI is InChI=1S/C12H22N2O3/c1-9-6-13-7-10(9)11(15)14-8-12(16)2-4-17-5-3-12/h9-10,13,16H,2-8H2,1H3,(H,14,15). The van der Waals surface area contributed by atoms with Gasteiger partial charge in [0, 0.05) is 39.1 Å². The van der Waals surface area contributed by atoms with Crippen LogP contribution >= 0.6 is 0 Å². The molecule has 0 radical (unpaired) electrons. The molecule has 0 aromatic rings. The van der Waals surface area contributed by atoms with Crippen LogP contribution in [0.25, 0.3) is 0 Å². The Bertz CT molecular complexity index is 277. The molecule has 0 aromatic carbocycles. The Morgan fingerprint density at radius 2 is 2.18 bits per heavy atom. The van der Waals surface area contributed by atoms with Crippen molar-refractivity contribution in [3.8, 4) is 0 Å². The molecule has 2 unspecified atom stereocenters. The van der Waals surface area contributed by atoms with Crippen LogP contribution in [0.4, 0.5) is 0 Å². The van der Waals surface area contributed by atoms with E-state index in [2.05, 4.69) is 17.6 Å². The molecule has 2 rings (SSSR count). The molecule has 0 saturated carbocycles. The zero-order valence-corrected chi connectivity index (χ0v) is 10.4. The first-order valence-corrected chi connectivity index (χ1v) is 6.39. The summed E-state index contributed by atoms with van der Waals surface area (Å²) >= 11 is 0. The average molecular weight is 242 g/mol. The van der Waals surface area contributed by atoms with E-state index in [1.54, 1.807) is 0 Å². The van der Waals surface area contributed by atoms with E-state index in [0.717, 1.165) is 13.1 Å². The smallest absolute Gasteiger partial charge is 0.224 e. The second kappa shape index (κ2) is 5.33. The van der Waals surface area contributed by atoms with Crippen LogP contribution in [-0.4, -0.2) is 49.5 Å². The summed E-state index contributed by atoms with van der Waals surface area (Å²) < 4.78 is 5.21. The first kappa shape index (κ1) is 12.8. The molecule has 1 amide bonds. The van der Waals surface area contributed by atoms with Crippen LogP contribution in [0, 0.1) is 11.8 Å². The van der Waals surface area contributed by atoms with Gasteiger partial charge < -0.3 is 20.5 Å². The molecule has 2 heterocycles. The van der Waals surface area contributed by atoms with Gasteiger partial charge in [-0.15, -0.1) is 0 Å². The van der Waals surface area contributed by atoms with Crippen LogP contribution in [0.1, 0.15) is 19.8 Å². The molecule has 0 spiro atoms. The molecule has 0 aliphatic carbocycles. The third-order valence-corrected chi connectivity index (χ3v) is 3.87. The quantitative estimate of drug-likeness (QED) is 0.624. The van der Waals surface area contributed by atoms with Gasteiger partial charge in [-0.3, -0.25) is 4.79 Å². The molecule has 0 aromatic heterocycles. The molecular weight excluding hydrogens is 220 g/mol. The van der Waals surface area contributed by atoms with Crippen LogP contribution < -0.4 is 10.6 Å². The summed E-state index contributed by atoms with van der Waals surface area (Å²) in [5.41, 5.74) is -0.775. The second-order valence-corrected chi connectivity index (χ2v) is 5.30. The van der Waals surface area contributed by atoms with Gasteiger partial charge in [-0.2, -0.15) is 0 Å². The van der Waals surface area contributed by atoms with E-state index >= 15 is 0 Å². The SMILES string of the molecule is CC1CNCC1C(=O)NCC1(O)CCOCC1. The topological polar surface area (TPSA) is 70.6 Å². The maximum atomic E-state index is 11.9. The Hall–Kier alpha value is -0.650. The number of ether oxygens (including phenoxy) is 1. The number of amides is 1. The number of rotatable bonds is 3. The van der Waals surface area contributed by atoms with E-state index in [1.165, 1.54) is 0 Å². The molecular formula is C12H22N2O3. The van der Waals surface area contributed by atoms with Crippen molar-refractivity contribution in [2.24, 2.45) is 11.8 Å². The van der Waals surface area contributed by atoms with E-state index in [0.29, 0.717) is 38.5 Å². The molecule has 2 fully saturated rings. The number of nitrogens with one attached hydrogen (secondary N) is 2. The van der Waals surface area contributed by atoms with Crippen LogP contribution in [0.3, 0.4) is 0 Å². The molecule has 5 heteroatoms. The minimum Gasteiger partial charge on any atom is -0.388 e. The predicted molar refractivity (Wildman–Crippen MR) is 63.5 cm³/mol. The molecule has 98 valence electrons. The highest BCUT2D eigenvalue weighted by atomic mass is 16.5. The molecule has 2 aliphatic rings. The lowest BCUT2D eigenvalue weighted by molar-refractivity contribution is -0.128. The van der Waals surface area contributed by atoms with E-state index in [4.69, 9.17) is 4.74 Å². The Balaban J connectivity index is 1.79. The van der Waals surface area contributed by atoms with Gasteiger partial charge in [-0.25, -0.2) is 0 Å². The Morgan fingerprint density at radius 3 is 2.76 bits per heavy atom. The number of hydrogen-bond donors (Lipinski definition) is 3. The van der Waals surface area contributed by atoms with Gasteiger partial charge in [0.05, 0.1) is 11.5 Å². The Labute approximate surface area is 102 Å². The lowest BCUT2D eigenvalue weighted by Gasteiger charge is -2.32.